The summed E-state index contributed by atoms with van der Waals surface area (Å²) in [5.41, 5.74) is 0.807. The highest BCUT2D eigenvalue weighted by atomic mass is 19.4. The lowest BCUT2D eigenvalue weighted by atomic mass is 10.0. The molecule has 1 fully saturated rings. The van der Waals surface area contributed by atoms with Crippen LogP contribution < -0.4 is 4.74 Å². The number of rotatable bonds is 5. The monoisotopic (exact) mass is 354 g/mol. The van der Waals surface area contributed by atoms with E-state index in [1.165, 1.54) is 12.1 Å². The molecule has 2 aliphatic heterocycles. The molecule has 0 radical (unpaired) electrons. The van der Waals surface area contributed by atoms with Crippen molar-refractivity contribution in [1.82, 2.24) is 9.80 Å². The molecule has 25 heavy (non-hydrogen) atoms. The Morgan fingerprint density at radius 2 is 1.80 bits per heavy atom. The van der Waals surface area contributed by atoms with Gasteiger partial charge in [-0.15, -0.1) is 13.2 Å². The summed E-state index contributed by atoms with van der Waals surface area (Å²) in [6, 6.07) is 5.62. The number of nitrogens with zero attached hydrogens (tertiary/aromatic N) is 2. The first-order chi connectivity index (χ1) is 11.9. The fourth-order valence-electron chi connectivity index (χ4n) is 3.34. The molecule has 136 valence electrons. The number of hydrogen-bond acceptors (Lipinski definition) is 3. The summed E-state index contributed by atoms with van der Waals surface area (Å²) < 4.78 is 40.9. The number of halogens is 3. The SMILES string of the molecule is O=C1CCC=CN1C(CN1CCCC1)c1ccc(OC(F)(F)F)cc1. The van der Waals surface area contributed by atoms with E-state index in [2.05, 4.69) is 9.64 Å². The van der Waals surface area contributed by atoms with Gasteiger partial charge in [0.05, 0.1) is 6.04 Å². The van der Waals surface area contributed by atoms with Crippen LogP contribution in [0.4, 0.5) is 13.2 Å². The predicted octanol–water partition coefficient (Wildman–Crippen LogP) is 3.86. The molecule has 0 bridgehead atoms. The molecule has 1 amide bonds. The number of alkyl halides is 3. The van der Waals surface area contributed by atoms with Crippen LogP contribution in [0.25, 0.3) is 0 Å². The van der Waals surface area contributed by atoms with Gasteiger partial charge in [-0.05, 0) is 50.0 Å². The Labute approximate surface area is 144 Å². The standard InChI is InChI=1S/C18H21F3N2O2/c19-18(20,21)25-15-8-6-14(7-9-15)16(13-22-10-3-4-11-22)23-12-2-1-5-17(23)24/h2,6-9,12,16H,1,3-5,10-11,13H2. The summed E-state index contributed by atoms with van der Waals surface area (Å²) in [4.78, 5) is 16.3. The van der Waals surface area contributed by atoms with Crippen molar-refractivity contribution in [1.29, 1.82) is 0 Å². The quantitative estimate of drug-likeness (QED) is 0.805. The topological polar surface area (TPSA) is 32.8 Å². The van der Waals surface area contributed by atoms with Crippen LogP contribution in [0.15, 0.2) is 36.5 Å². The van der Waals surface area contributed by atoms with Crippen molar-refractivity contribution in [3.05, 3.63) is 42.1 Å². The minimum absolute atomic E-state index is 0.0438. The maximum absolute atomic E-state index is 12.3. The maximum Gasteiger partial charge on any atom is 0.573 e. The molecule has 0 aliphatic carbocycles. The number of likely N-dealkylation sites (tertiary alicyclic amines) is 1. The van der Waals surface area contributed by atoms with E-state index in [0.29, 0.717) is 13.0 Å². The van der Waals surface area contributed by atoms with Crippen LogP contribution >= 0.6 is 0 Å². The number of allylic oxidation sites excluding steroid dienone is 1. The normalized spacial score (nSPS) is 20.1. The molecule has 2 heterocycles. The van der Waals surface area contributed by atoms with E-state index < -0.39 is 6.36 Å². The van der Waals surface area contributed by atoms with Crippen LogP contribution in [0.1, 0.15) is 37.3 Å². The molecule has 7 heteroatoms. The zero-order valence-corrected chi connectivity index (χ0v) is 13.8. The van der Waals surface area contributed by atoms with Crippen molar-refractivity contribution < 1.29 is 22.7 Å². The van der Waals surface area contributed by atoms with Gasteiger partial charge in [-0.25, -0.2) is 0 Å². The van der Waals surface area contributed by atoms with E-state index in [9.17, 15) is 18.0 Å². The van der Waals surface area contributed by atoms with Gasteiger partial charge in [0, 0.05) is 19.2 Å². The second-order valence-electron chi connectivity index (χ2n) is 6.36. The Morgan fingerprint density at radius 1 is 1.12 bits per heavy atom. The molecule has 3 rings (SSSR count). The molecule has 1 aromatic carbocycles. The zero-order chi connectivity index (χ0) is 17.9. The van der Waals surface area contributed by atoms with Gasteiger partial charge in [0.15, 0.2) is 0 Å². The molecule has 2 aliphatic rings. The van der Waals surface area contributed by atoms with Gasteiger partial charge in [0.2, 0.25) is 5.91 Å². The number of carbonyl (C=O) groups excluding carboxylic acids is 1. The summed E-state index contributed by atoms with van der Waals surface area (Å²) in [6.45, 7) is 2.64. The van der Waals surface area contributed by atoms with Crippen LogP contribution in [0.3, 0.4) is 0 Å². The van der Waals surface area contributed by atoms with Gasteiger partial charge >= 0.3 is 6.36 Å². The highest BCUT2D eigenvalue weighted by Gasteiger charge is 2.32. The molecule has 0 N–H and O–H groups in total. The van der Waals surface area contributed by atoms with Crippen molar-refractivity contribution in [3.63, 3.8) is 0 Å². The summed E-state index contributed by atoms with van der Waals surface area (Å²) in [7, 11) is 0. The molecule has 1 saturated heterocycles. The van der Waals surface area contributed by atoms with Gasteiger partial charge in [-0.3, -0.25) is 4.79 Å². The average Bonchev–Trinajstić information content (AvgIpc) is 3.06. The minimum atomic E-state index is -4.71. The molecule has 1 unspecified atom stereocenters. The van der Waals surface area contributed by atoms with Crippen molar-refractivity contribution in [2.24, 2.45) is 0 Å². The van der Waals surface area contributed by atoms with Crippen molar-refractivity contribution in [2.75, 3.05) is 19.6 Å². The molecule has 1 aromatic rings. The number of ether oxygens (including phenoxy) is 1. The lowest BCUT2D eigenvalue weighted by molar-refractivity contribution is -0.274. The third-order valence-corrected chi connectivity index (χ3v) is 4.54. The van der Waals surface area contributed by atoms with Gasteiger partial charge < -0.3 is 14.5 Å². The molecular formula is C18H21F3N2O2. The van der Waals surface area contributed by atoms with Gasteiger partial charge in [-0.2, -0.15) is 0 Å². The van der Waals surface area contributed by atoms with E-state index >= 15 is 0 Å². The van der Waals surface area contributed by atoms with Crippen molar-refractivity contribution in [3.8, 4) is 5.75 Å². The molecule has 4 nitrogen and oxygen atoms in total. The molecule has 0 aromatic heterocycles. The van der Waals surface area contributed by atoms with E-state index in [-0.39, 0.29) is 17.7 Å². The summed E-state index contributed by atoms with van der Waals surface area (Å²) in [6.07, 6.45) is 2.50. The first kappa shape index (κ1) is 17.8. The van der Waals surface area contributed by atoms with Crippen molar-refractivity contribution >= 4 is 5.91 Å². The Morgan fingerprint density at radius 3 is 2.40 bits per heavy atom. The number of hydrogen-bond donors (Lipinski definition) is 0. The number of amides is 1. The Balaban J connectivity index is 1.81. The summed E-state index contributed by atoms with van der Waals surface area (Å²) >= 11 is 0. The van der Waals surface area contributed by atoms with Gasteiger partial charge in [0.1, 0.15) is 5.75 Å². The number of carbonyl (C=O) groups is 1. The minimum Gasteiger partial charge on any atom is -0.406 e. The van der Waals surface area contributed by atoms with Crippen molar-refractivity contribution in [2.45, 2.75) is 38.1 Å². The largest absolute Gasteiger partial charge is 0.573 e. The summed E-state index contributed by atoms with van der Waals surface area (Å²) in [5, 5.41) is 0. The average molecular weight is 354 g/mol. The molecule has 1 atom stereocenters. The lowest BCUT2D eigenvalue weighted by Crippen LogP contribution is -2.38. The highest BCUT2D eigenvalue weighted by molar-refractivity contribution is 5.79. The van der Waals surface area contributed by atoms with E-state index in [1.807, 2.05) is 6.08 Å². The Bertz CT molecular complexity index is 622. The van der Waals surface area contributed by atoms with Crippen LogP contribution in [0.5, 0.6) is 5.75 Å². The Kier molecular flexibility index (Phi) is 5.32. The van der Waals surface area contributed by atoms with Gasteiger partial charge in [0.25, 0.3) is 0 Å². The second kappa shape index (κ2) is 7.47. The van der Waals surface area contributed by atoms with Crippen LogP contribution in [-0.2, 0) is 4.79 Å². The molecule has 0 saturated carbocycles. The third kappa shape index (κ3) is 4.75. The fourth-order valence-corrected chi connectivity index (χ4v) is 3.34. The Hall–Kier alpha value is -2.02. The smallest absolute Gasteiger partial charge is 0.406 e. The molecular weight excluding hydrogens is 333 g/mol. The predicted molar refractivity (Wildman–Crippen MR) is 86.8 cm³/mol. The molecule has 0 spiro atoms. The fraction of sp³-hybridized carbons (Fsp3) is 0.500. The van der Waals surface area contributed by atoms with E-state index in [4.69, 9.17) is 0 Å². The summed E-state index contributed by atoms with van der Waals surface area (Å²) in [5.74, 6) is -0.209. The number of benzene rings is 1. The first-order valence-corrected chi connectivity index (χ1v) is 8.48. The van der Waals surface area contributed by atoms with Crippen LogP contribution in [-0.4, -0.2) is 41.7 Å². The first-order valence-electron chi connectivity index (χ1n) is 8.48. The zero-order valence-electron chi connectivity index (χ0n) is 13.8. The van der Waals surface area contributed by atoms with E-state index in [1.54, 1.807) is 23.2 Å². The lowest BCUT2D eigenvalue weighted by Gasteiger charge is -2.34. The maximum atomic E-state index is 12.3. The van der Waals surface area contributed by atoms with Gasteiger partial charge in [-0.1, -0.05) is 18.2 Å². The highest BCUT2D eigenvalue weighted by Crippen LogP contribution is 2.30. The third-order valence-electron chi connectivity index (χ3n) is 4.54. The van der Waals surface area contributed by atoms with Crippen LogP contribution in [0, 0.1) is 0 Å². The van der Waals surface area contributed by atoms with E-state index in [0.717, 1.165) is 37.9 Å². The second-order valence-corrected chi connectivity index (χ2v) is 6.36. The van der Waals surface area contributed by atoms with Crippen LogP contribution in [0.2, 0.25) is 0 Å².